The van der Waals surface area contributed by atoms with E-state index in [1.54, 1.807) is 0 Å². The molecular weight excluding hydrogens is 324 g/mol. The molecule has 1 aromatic rings. The van der Waals surface area contributed by atoms with Crippen molar-refractivity contribution in [3.05, 3.63) is 30.4 Å². The Kier molecular flexibility index (Phi) is 4.37. The third kappa shape index (κ3) is 4.01. The summed E-state index contributed by atoms with van der Waals surface area (Å²) in [6, 6.07) is 3.84. The molecular formula is C16H15F2NO5. The summed E-state index contributed by atoms with van der Waals surface area (Å²) in [5.74, 6) is -1.16. The summed E-state index contributed by atoms with van der Waals surface area (Å²) in [6.45, 7) is -0.445. The van der Waals surface area contributed by atoms with Gasteiger partial charge in [-0.15, -0.1) is 8.78 Å². The number of esters is 1. The molecule has 0 radical (unpaired) electrons. The number of amides is 1. The van der Waals surface area contributed by atoms with Crippen LogP contribution in [0.1, 0.15) is 19.3 Å². The minimum Gasteiger partial charge on any atom is -0.456 e. The first-order chi connectivity index (χ1) is 11.4. The number of nitrogens with one attached hydrogen (secondary N) is 1. The number of hydrogen-bond acceptors (Lipinski definition) is 5. The van der Waals surface area contributed by atoms with Crippen molar-refractivity contribution in [1.29, 1.82) is 0 Å². The summed E-state index contributed by atoms with van der Waals surface area (Å²) in [5.41, 5.74) is 0.231. The van der Waals surface area contributed by atoms with Crippen molar-refractivity contribution in [1.82, 2.24) is 0 Å². The first kappa shape index (κ1) is 16.2. The molecule has 6 nitrogen and oxygen atoms in total. The molecule has 1 aromatic carbocycles. The van der Waals surface area contributed by atoms with Crippen LogP contribution in [-0.4, -0.2) is 24.8 Å². The van der Waals surface area contributed by atoms with Crippen molar-refractivity contribution in [3.8, 4) is 11.5 Å². The monoisotopic (exact) mass is 339 g/mol. The number of benzene rings is 1. The zero-order chi connectivity index (χ0) is 17.2. The van der Waals surface area contributed by atoms with Crippen molar-refractivity contribution in [3.63, 3.8) is 0 Å². The smallest absolute Gasteiger partial charge is 0.456 e. The molecule has 1 aliphatic heterocycles. The van der Waals surface area contributed by atoms with Crippen LogP contribution in [0.15, 0.2) is 30.4 Å². The molecule has 3 rings (SSSR count). The molecule has 8 heteroatoms. The number of hydrogen-bond donors (Lipinski definition) is 1. The van der Waals surface area contributed by atoms with Gasteiger partial charge in [-0.2, -0.15) is 0 Å². The third-order valence-electron chi connectivity index (χ3n) is 3.59. The molecule has 1 N–H and O–H groups in total. The molecule has 0 saturated heterocycles. The van der Waals surface area contributed by atoms with Crippen LogP contribution >= 0.6 is 0 Å². The Labute approximate surface area is 136 Å². The van der Waals surface area contributed by atoms with Crippen molar-refractivity contribution in [2.75, 3.05) is 11.9 Å². The van der Waals surface area contributed by atoms with Gasteiger partial charge in [-0.1, -0.05) is 12.2 Å². The first-order valence-corrected chi connectivity index (χ1v) is 7.43. The van der Waals surface area contributed by atoms with E-state index in [1.807, 2.05) is 12.2 Å². The van der Waals surface area contributed by atoms with Gasteiger partial charge in [0, 0.05) is 11.8 Å². The zero-order valence-corrected chi connectivity index (χ0v) is 12.6. The van der Waals surface area contributed by atoms with Crippen molar-refractivity contribution in [2.24, 2.45) is 5.92 Å². The Hall–Kier alpha value is -2.64. The largest absolute Gasteiger partial charge is 0.586 e. The molecule has 1 amide bonds. The lowest BCUT2D eigenvalue weighted by Crippen LogP contribution is -2.25. The number of halogens is 2. The summed E-state index contributed by atoms with van der Waals surface area (Å²) < 4.78 is 39.3. The molecule has 1 heterocycles. The van der Waals surface area contributed by atoms with E-state index in [2.05, 4.69) is 14.8 Å². The SMILES string of the molecule is O=C(COC(=O)C[C@@H]1C=CCC1)Nc1ccc2c(c1)OC(F)(F)O2. The van der Waals surface area contributed by atoms with Crippen LogP contribution in [0.5, 0.6) is 11.5 Å². The van der Waals surface area contributed by atoms with Gasteiger partial charge < -0.3 is 19.5 Å². The Bertz CT molecular complexity index is 689. The van der Waals surface area contributed by atoms with E-state index >= 15 is 0 Å². The lowest BCUT2D eigenvalue weighted by atomic mass is 10.1. The number of fused-ring (bicyclic) bond motifs is 1. The van der Waals surface area contributed by atoms with Crippen LogP contribution in [0.2, 0.25) is 0 Å². The molecule has 1 aliphatic carbocycles. The number of carbonyl (C=O) groups is 2. The number of ether oxygens (including phenoxy) is 3. The van der Waals surface area contributed by atoms with E-state index < -0.39 is 24.8 Å². The number of allylic oxidation sites excluding steroid dienone is 2. The summed E-state index contributed by atoms with van der Waals surface area (Å²) in [7, 11) is 0. The number of carbonyl (C=O) groups excluding carboxylic acids is 2. The first-order valence-electron chi connectivity index (χ1n) is 7.43. The minimum atomic E-state index is -3.71. The Morgan fingerprint density at radius 1 is 1.29 bits per heavy atom. The van der Waals surface area contributed by atoms with Crippen LogP contribution in [0, 0.1) is 5.92 Å². The van der Waals surface area contributed by atoms with Crippen LogP contribution in [0.4, 0.5) is 14.5 Å². The van der Waals surface area contributed by atoms with Crippen LogP contribution < -0.4 is 14.8 Å². The fraction of sp³-hybridized carbons (Fsp3) is 0.375. The van der Waals surface area contributed by atoms with Crippen LogP contribution in [0.25, 0.3) is 0 Å². The maximum atomic E-state index is 12.9. The highest BCUT2D eigenvalue weighted by Gasteiger charge is 2.43. The lowest BCUT2D eigenvalue weighted by molar-refractivity contribution is -0.286. The topological polar surface area (TPSA) is 73.9 Å². The van der Waals surface area contributed by atoms with E-state index in [4.69, 9.17) is 4.74 Å². The highest BCUT2D eigenvalue weighted by atomic mass is 19.3. The summed E-state index contributed by atoms with van der Waals surface area (Å²) in [5, 5.41) is 2.44. The molecule has 0 fully saturated rings. The number of anilines is 1. The molecule has 0 saturated carbocycles. The molecule has 24 heavy (non-hydrogen) atoms. The second kappa shape index (κ2) is 6.46. The summed E-state index contributed by atoms with van der Waals surface area (Å²) in [4.78, 5) is 23.4. The van der Waals surface area contributed by atoms with Gasteiger partial charge in [0.05, 0.1) is 6.42 Å². The summed E-state index contributed by atoms with van der Waals surface area (Å²) >= 11 is 0. The van der Waals surface area contributed by atoms with E-state index in [0.717, 1.165) is 12.8 Å². The highest BCUT2D eigenvalue weighted by Crippen LogP contribution is 2.42. The standard InChI is InChI=1S/C16H15F2NO5/c17-16(18)23-12-6-5-11(8-13(12)24-16)19-14(20)9-22-15(21)7-10-3-1-2-4-10/h1,3,5-6,8,10H,2,4,7,9H2,(H,19,20)/t10-/m1/s1. The molecule has 2 aliphatic rings. The molecule has 0 bridgehead atoms. The predicted molar refractivity (Wildman–Crippen MR) is 78.7 cm³/mol. The van der Waals surface area contributed by atoms with E-state index in [9.17, 15) is 18.4 Å². The molecule has 1 atom stereocenters. The van der Waals surface area contributed by atoms with Gasteiger partial charge >= 0.3 is 12.3 Å². The van der Waals surface area contributed by atoms with Crippen molar-refractivity contribution < 1.29 is 32.6 Å². The van der Waals surface area contributed by atoms with E-state index in [0.29, 0.717) is 0 Å². The average Bonchev–Trinajstić information content (AvgIpc) is 3.10. The van der Waals surface area contributed by atoms with Gasteiger partial charge in [0.25, 0.3) is 5.91 Å². The second-order valence-electron chi connectivity index (χ2n) is 5.51. The van der Waals surface area contributed by atoms with Crippen LogP contribution in [-0.2, 0) is 14.3 Å². The van der Waals surface area contributed by atoms with Gasteiger partial charge in [-0.25, -0.2) is 0 Å². The third-order valence-corrected chi connectivity index (χ3v) is 3.59. The zero-order valence-electron chi connectivity index (χ0n) is 12.6. The van der Waals surface area contributed by atoms with E-state index in [-0.39, 0.29) is 29.5 Å². The lowest BCUT2D eigenvalue weighted by Gasteiger charge is -2.09. The molecule has 128 valence electrons. The van der Waals surface area contributed by atoms with Crippen molar-refractivity contribution >= 4 is 17.6 Å². The fourth-order valence-electron chi connectivity index (χ4n) is 2.51. The van der Waals surface area contributed by atoms with E-state index in [1.165, 1.54) is 18.2 Å². The molecule has 0 spiro atoms. The number of alkyl halides is 2. The van der Waals surface area contributed by atoms with Crippen LogP contribution in [0.3, 0.4) is 0 Å². The fourth-order valence-corrected chi connectivity index (χ4v) is 2.51. The van der Waals surface area contributed by atoms with Gasteiger partial charge in [0.1, 0.15) is 0 Å². The Morgan fingerprint density at radius 2 is 2.08 bits per heavy atom. The highest BCUT2D eigenvalue weighted by molar-refractivity contribution is 5.93. The molecule has 0 aromatic heterocycles. The van der Waals surface area contributed by atoms with Gasteiger partial charge in [0.15, 0.2) is 18.1 Å². The maximum Gasteiger partial charge on any atom is 0.586 e. The normalized spacial score (nSPS) is 20.0. The minimum absolute atomic E-state index is 0.117. The van der Waals surface area contributed by atoms with Gasteiger partial charge in [0.2, 0.25) is 0 Å². The predicted octanol–water partition coefficient (Wildman–Crippen LogP) is 2.85. The Balaban J connectivity index is 1.47. The quantitative estimate of drug-likeness (QED) is 0.660. The number of rotatable bonds is 5. The molecule has 0 unspecified atom stereocenters. The van der Waals surface area contributed by atoms with Crippen molar-refractivity contribution in [2.45, 2.75) is 25.6 Å². The second-order valence-corrected chi connectivity index (χ2v) is 5.51. The summed E-state index contributed by atoms with van der Waals surface area (Å²) in [6.07, 6.45) is 2.35. The van der Waals surface area contributed by atoms with Gasteiger partial charge in [-0.05, 0) is 30.9 Å². The maximum absolute atomic E-state index is 12.9. The Morgan fingerprint density at radius 3 is 2.83 bits per heavy atom. The average molecular weight is 339 g/mol. The van der Waals surface area contributed by atoms with Gasteiger partial charge in [-0.3, -0.25) is 9.59 Å².